The Bertz CT molecular complexity index is 2230. The average molecular weight is 623 g/mol. The molecule has 47 heavy (non-hydrogen) atoms. The van der Waals surface area contributed by atoms with Gasteiger partial charge in [0.1, 0.15) is 23.1 Å². The molecule has 7 aromatic rings. The van der Waals surface area contributed by atoms with Crippen molar-refractivity contribution in [2.45, 2.75) is 60.3 Å². The number of fused-ring (bicyclic) bond motifs is 3. The fourth-order valence-corrected chi connectivity index (χ4v) is 6.96. The molecular formula is C41H39FN4O. The van der Waals surface area contributed by atoms with Crippen LogP contribution >= 0.6 is 0 Å². The summed E-state index contributed by atoms with van der Waals surface area (Å²) in [6.45, 7) is 11.3. The summed E-state index contributed by atoms with van der Waals surface area (Å²) in [5.74, 6) is 1.57. The predicted octanol–water partition coefficient (Wildman–Crippen LogP) is 10.8. The van der Waals surface area contributed by atoms with Gasteiger partial charge in [-0.2, -0.15) is 5.10 Å². The maximum atomic E-state index is 14.3. The summed E-state index contributed by atoms with van der Waals surface area (Å²) < 4.78 is 24.6. The summed E-state index contributed by atoms with van der Waals surface area (Å²) in [4.78, 5) is 4.48. The first kappa shape index (κ1) is 30.4. The van der Waals surface area contributed by atoms with Crippen molar-refractivity contribution < 1.29 is 9.13 Å². The van der Waals surface area contributed by atoms with Gasteiger partial charge in [0.15, 0.2) is 0 Å². The highest BCUT2D eigenvalue weighted by Gasteiger charge is 2.20. The van der Waals surface area contributed by atoms with Crippen LogP contribution in [0.3, 0.4) is 0 Å². The molecule has 3 aromatic heterocycles. The first-order chi connectivity index (χ1) is 22.9. The van der Waals surface area contributed by atoms with Crippen molar-refractivity contribution in [3.8, 4) is 34.1 Å². The van der Waals surface area contributed by atoms with Crippen molar-refractivity contribution >= 4 is 21.8 Å². The molecule has 3 heterocycles. The molecule has 0 aliphatic carbocycles. The van der Waals surface area contributed by atoms with Crippen LogP contribution in [0, 0.1) is 26.6 Å². The van der Waals surface area contributed by atoms with Gasteiger partial charge in [0.25, 0.3) is 0 Å². The Morgan fingerprint density at radius 2 is 1.45 bits per heavy atom. The van der Waals surface area contributed by atoms with Gasteiger partial charge in [-0.25, -0.2) is 14.1 Å². The van der Waals surface area contributed by atoms with Crippen molar-refractivity contribution in [1.29, 1.82) is 0 Å². The third kappa shape index (κ3) is 5.48. The Morgan fingerprint density at radius 3 is 2.19 bits per heavy atom. The highest BCUT2D eigenvalue weighted by atomic mass is 19.1. The molecule has 0 N–H and O–H groups in total. The third-order valence-corrected chi connectivity index (χ3v) is 9.40. The van der Waals surface area contributed by atoms with Gasteiger partial charge >= 0.3 is 0 Å². The summed E-state index contributed by atoms with van der Waals surface area (Å²) in [5.41, 5.74) is 12.3. The molecule has 0 atom stereocenters. The lowest BCUT2D eigenvalue weighted by Crippen LogP contribution is -2.05. The number of rotatable bonds is 9. The molecule has 0 aliphatic heterocycles. The van der Waals surface area contributed by atoms with E-state index >= 15 is 0 Å². The van der Waals surface area contributed by atoms with E-state index in [0.29, 0.717) is 17.3 Å². The molecule has 0 aliphatic rings. The second-order valence-electron chi connectivity index (χ2n) is 12.3. The lowest BCUT2D eigenvalue weighted by molar-refractivity contribution is 0.483. The summed E-state index contributed by atoms with van der Waals surface area (Å²) in [6, 6.07) is 24.9. The number of hydrogen-bond acceptors (Lipinski definition) is 3. The van der Waals surface area contributed by atoms with E-state index in [1.54, 1.807) is 0 Å². The van der Waals surface area contributed by atoms with Gasteiger partial charge in [-0.3, -0.25) is 4.57 Å². The molecule has 0 bridgehead atoms. The number of para-hydroxylation sites is 1. The molecule has 0 saturated carbocycles. The molecule has 4 aromatic carbocycles. The zero-order valence-corrected chi connectivity index (χ0v) is 27.6. The maximum Gasteiger partial charge on any atom is 0.140 e. The predicted molar refractivity (Wildman–Crippen MR) is 190 cm³/mol. The van der Waals surface area contributed by atoms with Crippen LogP contribution in [-0.2, 0) is 12.8 Å². The van der Waals surface area contributed by atoms with Crippen molar-refractivity contribution in [3.05, 3.63) is 131 Å². The summed E-state index contributed by atoms with van der Waals surface area (Å²) in [6.07, 6.45) is 9.94. The number of benzene rings is 4. The van der Waals surface area contributed by atoms with E-state index in [4.69, 9.17) is 9.84 Å². The van der Waals surface area contributed by atoms with Crippen LogP contribution in [0.25, 0.3) is 44.4 Å². The number of aromatic nitrogens is 4. The zero-order chi connectivity index (χ0) is 32.7. The van der Waals surface area contributed by atoms with Crippen LogP contribution in [0.1, 0.15) is 54.5 Å². The van der Waals surface area contributed by atoms with E-state index in [1.165, 1.54) is 51.7 Å². The van der Waals surface area contributed by atoms with Crippen LogP contribution in [0.5, 0.6) is 11.5 Å². The number of ether oxygens (including phenoxy) is 1. The van der Waals surface area contributed by atoms with Crippen molar-refractivity contribution in [3.63, 3.8) is 0 Å². The molecule has 6 heteroatoms. The molecule has 0 saturated heterocycles. The Balaban J connectivity index is 1.25. The average Bonchev–Trinajstić information content (AvgIpc) is 3.69. The SMILES string of the molecule is CCCc1c(C)c(C)c(C)c(CCC)c1-c1cnn(-c2cccc(Oc3ccc4c5ccccc5n(-c5cc(F)ccn5)c4c3)c2)c1. The second-order valence-corrected chi connectivity index (χ2v) is 12.3. The monoisotopic (exact) mass is 622 g/mol. The molecule has 5 nitrogen and oxygen atoms in total. The van der Waals surface area contributed by atoms with Crippen LogP contribution in [0.15, 0.2) is 97.5 Å². The van der Waals surface area contributed by atoms with Gasteiger partial charge in [-0.1, -0.05) is 51.0 Å². The molecule has 0 fully saturated rings. The van der Waals surface area contributed by atoms with Gasteiger partial charge in [0.2, 0.25) is 0 Å². The van der Waals surface area contributed by atoms with Crippen LogP contribution in [0.4, 0.5) is 4.39 Å². The fourth-order valence-electron chi connectivity index (χ4n) is 6.96. The Morgan fingerprint density at radius 1 is 0.723 bits per heavy atom. The summed E-state index contributed by atoms with van der Waals surface area (Å²) in [7, 11) is 0. The first-order valence-corrected chi connectivity index (χ1v) is 16.5. The largest absolute Gasteiger partial charge is 0.457 e. The van der Waals surface area contributed by atoms with Gasteiger partial charge < -0.3 is 4.74 Å². The topological polar surface area (TPSA) is 44.9 Å². The minimum absolute atomic E-state index is 0.331. The maximum absolute atomic E-state index is 14.3. The van der Waals surface area contributed by atoms with Gasteiger partial charge in [0, 0.05) is 46.9 Å². The highest BCUT2D eigenvalue weighted by Crippen LogP contribution is 2.38. The number of nitrogens with zero attached hydrogens (tertiary/aromatic N) is 4. The fraction of sp³-hybridized carbons (Fsp3) is 0.220. The minimum Gasteiger partial charge on any atom is -0.457 e. The van der Waals surface area contributed by atoms with Gasteiger partial charge in [-0.05, 0) is 103 Å². The smallest absolute Gasteiger partial charge is 0.140 e. The number of pyridine rings is 1. The molecule has 0 spiro atoms. The normalized spacial score (nSPS) is 11.5. The van der Waals surface area contributed by atoms with E-state index in [2.05, 4.69) is 57.9 Å². The molecule has 0 amide bonds. The van der Waals surface area contributed by atoms with Crippen LogP contribution < -0.4 is 4.74 Å². The Hall–Kier alpha value is -5.23. The van der Waals surface area contributed by atoms with E-state index in [-0.39, 0.29) is 5.82 Å². The lowest BCUT2D eigenvalue weighted by Gasteiger charge is -2.22. The van der Waals surface area contributed by atoms with Crippen molar-refractivity contribution in [2.24, 2.45) is 0 Å². The van der Waals surface area contributed by atoms with E-state index in [9.17, 15) is 4.39 Å². The molecular weight excluding hydrogens is 583 g/mol. The molecule has 236 valence electrons. The van der Waals surface area contributed by atoms with Crippen LogP contribution in [0.2, 0.25) is 0 Å². The first-order valence-electron chi connectivity index (χ1n) is 16.5. The lowest BCUT2D eigenvalue weighted by atomic mass is 9.83. The second kappa shape index (κ2) is 12.5. The van der Waals surface area contributed by atoms with Crippen LogP contribution in [-0.4, -0.2) is 19.3 Å². The van der Waals surface area contributed by atoms with Gasteiger partial charge in [-0.15, -0.1) is 0 Å². The summed E-state index contributed by atoms with van der Waals surface area (Å²) in [5, 5.41) is 6.95. The van der Waals surface area contributed by atoms with E-state index in [1.807, 2.05) is 70.0 Å². The minimum atomic E-state index is -0.331. The zero-order valence-electron chi connectivity index (χ0n) is 27.6. The molecule has 0 unspecified atom stereocenters. The Labute approximate surface area is 275 Å². The van der Waals surface area contributed by atoms with E-state index < -0.39 is 0 Å². The van der Waals surface area contributed by atoms with E-state index in [0.717, 1.165) is 58.7 Å². The third-order valence-electron chi connectivity index (χ3n) is 9.40. The van der Waals surface area contributed by atoms with Crippen molar-refractivity contribution in [2.75, 3.05) is 0 Å². The highest BCUT2D eigenvalue weighted by molar-refractivity contribution is 6.09. The van der Waals surface area contributed by atoms with Crippen molar-refractivity contribution in [1.82, 2.24) is 19.3 Å². The Kier molecular flexibility index (Phi) is 8.10. The molecule has 7 rings (SSSR count). The quantitative estimate of drug-likeness (QED) is 0.161. The number of hydrogen-bond donors (Lipinski definition) is 0. The standard InChI is InChI=1S/C41H39FN4O/c1-6-11-34-27(4)26(3)28(5)35(12-7-2)41(34)29-24-44-45(25-29)31-13-10-14-32(22-31)47-33-17-18-37-36-15-8-9-16-38(36)46(39(37)23-33)40-21-30(42)19-20-43-40/h8-10,13-25H,6-7,11-12H2,1-5H3. The van der Waals surface area contributed by atoms with Gasteiger partial charge in [0.05, 0.1) is 22.9 Å². The molecule has 0 radical (unpaired) electrons. The number of halogens is 1. The summed E-state index contributed by atoms with van der Waals surface area (Å²) >= 11 is 0.